The summed E-state index contributed by atoms with van der Waals surface area (Å²) in [5, 5.41) is 3.30. The van der Waals surface area contributed by atoms with Crippen molar-refractivity contribution in [1.82, 2.24) is 5.32 Å². The first-order valence-corrected chi connectivity index (χ1v) is 6.03. The first-order valence-electron chi connectivity index (χ1n) is 6.03. The molecular formula is C13H20N4. The fraction of sp³-hybridized carbons (Fsp3) is 0.385. The number of nitrogens with zero attached hydrogens (tertiary/aromatic N) is 1. The lowest BCUT2D eigenvalue weighted by atomic mass is 10.0. The molecule has 0 saturated carbocycles. The second-order valence-corrected chi connectivity index (χ2v) is 4.38. The van der Waals surface area contributed by atoms with E-state index in [9.17, 15) is 0 Å². The number of anilines is 2. The molecule has 0 bridgehead atoms. The van der Waals surface area contributed by atoms with Crippen molar-refractivity contribution in [2.75, 3.05) is 23.7 Å². The molecule has 1 heterocycles. The number of hydrogen-bond acceptors (Lipinski definition) is 4. The first kappa shape index (κ1) is 11.6. The van der Waals surface area contributed by atoms with Crippen LogP contribution in [0.3, 0.4) is 0 Å². The van der Waals surface area contributed by atoms with Gasteiger partial charge in [0.05, 0.1) is 0 Å². The van der Waals surface area contributed by atoms with Crippen LogP contribution in [0.15, 0.2) is 36.7 Å². The molecule has 1 fully saturated rings. The fourth-order valence-corrected chi connectivity index (χ4v) is 2.18. The zero-order chi connectivity index (χ0) is 12.1. The summed E-state index contributed by atoms with van der Waals surface area (Å²) >= 11 is 0. The highest BCUT2D eigenvalue weighted by molar-refractivity contribution is 5.53. The predicted molar refractivity (Wildman–Crippen MR) is 72.6 cm³/mol. The summed E-state index contributed by atoms with van der Waals surface area (Å²) in [5.41, 5.74) is 13.1. The Morgan fingerprint density at radius 2 is 1.82 bits per heavy atom. The van der Waals surface area contributed by atoms with Crippen LogP contribution in [0.4, 0.5) is 11.4 Å². The minimum atomic E-state index is 0.542. The van der Waals surface area contributed by atoms with Gasteiger partial charge in [-0.15, -0.1) is 0 Å². The number of nitrogens with one attached hydrogen (secondary N) is 1. The molecule has 4 heteroatoms. The van der Waals surface area contributed by atoms with E-state index in [4.69, 9.17) is 11.5 Å². The highest BCUT2D eigenvalue weighted by Gasteiger charge is 2.17. The summed E-state index contributed by atoms with van der Waals surface area (Å²) in [4.78, 5) is 2.39. The Bertz CT molecular complexity index is 364. The molecule has 0 amide bonds. The van der Waals surface area contributed by atoms with Gasteiger partial charge < -0.3 is 21.7 Å². The number of rotatable bonds is 3. The first-order chi connectivity index (χ1) is 8.29. The number of hydrogen-bond donors (Lipinski definition) is 3. The molecule has 92 valence electrons. The molecule has 1 aliphatic rings. The van der Waals surface area contributed by atoms with Gasteiger partial charge >= 0.3 is 0 Å². The molecule has 4 nitrogen and oxygen atoms in total. The van der Waals surface area contributed by atoms with Gasteiger partial charge in [-0.05, 0) is 37.1 Å². The summed E-state index contributed by atoms with van der Waals surface area (Å²) in [5.74, 6) is 0. The van der Waals surface area contributed by atoms with Gasteiger partial charge in [-0.3, -0.25) is 0 Å². The van der Waals surface area contributed by atoms with Crippen molar-refractivity contribution in [2.45, 2.75) is 18.9 Å². The summed E-state index contributed by atoms with van der Waals surface area (Å²) in [6.45, 7) is 2.14. The van der Waals surface area contributed by atoms with Gasteiger partial charge in [-0.1, -0.05) is 0 Å². The Hall–Kier alpha value is -1.84. The van der Waals surface area contributed by atoms with Gasteiger partial charge in [0, 0.05) is 42.9 Å². The third kappa shape index (κ3) is 3.06. The third-order valence-electron chi connectivity index (χ3n) is 3.18. The van der Waals surface area contributed by atoms with Crippen molar-refractivity contribution in [3.05, 3.63) is 36.7 Å². The van der Waals surface area contributed by atoms with Crippen LogP contribution in [-0.4, -0.2) is 19.1 Å². The van der Waals surface area contributed by atoms with E-state index in [1.807, 2.05) is 18.3 Å². The van der Waals surface area contributed by atoms with Gasteiger partial charge in [-0.25, -0.2) is 0 Å². The largest absolute Gasteiger partial charge is 0.403 e. The van der Waals surface area contributed by atoms with Crippen molar-refractivity contribution in [1.29, 1.82) is 0 Å². The van der Waals surface area contributed by atoms with Gasteiger partial charge in [0.1, 0.15) is 0 Å². The monoisotopic (exact) mass is 232 g/mol. The van der Waals surface area contributed by atoms with E-state index in [2.05, 4.69) is 22.3 Å². The van der Waals surface area contributed by atoms with Crippen LogP contribution in [0.2, 0.25) is 0 Å². The Balaban J connectivity index is 1.88. The molecule has 0 atom stereocenters. The minimum absolute atomic E-state index is 0.542. The molecule has 0 spiro atoms. The summed E-state index contributed by atoms with van der Waals surface area (Å²) < 4.78 is 0. The zero-order valence-corrected chi connectivity index (χ0v) is 9.97. The van der Waals surface area contributed by atoms with E-state index >= 15 is 0 Å². The average Bonchev–Trinajstić information content (AvgIpc) is 2.38. The molecule has 0 aliphatic carbocycles. The van der Waals surface area contributed by atoms with E-state index in [0.29, 0.717) is 6.04 Å². The third-order valence-corrected chi connectivity index (χ3v) is 3.18. The number of benzene rings is 1. The molecule has 17 heavy (non-hydrogen) atoms. The molecule has 0 aromatic heterocycles. The van der Waals surface area contributed by atoms with E-state index < -0.39 is 0 Å². The van der Waals surface area contributed by atoms with Crippen LogP contribution in [0, 0.1) is 0 Å². The molecule has 0 unspecified atom stereocenters. The Morgan fingerprint density at radius 1 is 1.18 bits per heavy atom. The van der Waals surface area contributed by atoms with E-state index in [1.165, 1.54) is 5.69 Å². The Morgan fingerprint density at radius 3 is 2.41 bits per heavy atom. The van der Waals surface area contributed by atoms with E-state index in [1.54, 1.807) is 6.20 Å². The molecule has 1 aromatic rings. The molecular weight excluding hydrogens is 212 g/mol. The number of piperidine rings is 1. The van der Waals surface area contributed by atoms with Crippen LogP contribution in [-0.2, 0) is 0 Å². The second kappa shape index (κ2) is 5.48. The van der Waals surface area contributed by atoms with E-state index in [-0.39, 0.29) is 0 Å². The van der Waals surface area contributed by atoms with Crippen molar-refractivity contribution in [2.24, 2.45) is 5.73 Å². The Kier molecular flexibility index (Phi) is 3.75. The van der Waals surface area contributed by atoms with Gasteiger partial charge in [-0.2, -0.15) is 0 Å². The number of nitrogens with two attached hydrogens (primary N) is 2. The van der Waals surface area contributed by atoms with Crippen molar-refractivity contribution in [3.63, 3.8) is 0 Å². The van der Waals surface area contributed by atoms with Crippen LogP contribution >= 0.6 is 0 Å². The lowest BCUT2D eigenvalue weighted by molar-refractivity contribution is 0.455. The number of nitrogen functional groups attached to an aromatic ring is 1. The quantitative estimate of drug-likeness (QED) is 0.686. The summed E-state index contributed by atoms with van der Waals surface area (Å²) in [6, 6.07) is 8.62. The van der Waals surface area contributed by atoms with Crippen LogP contribution < -0.4 is 21.7 Å². The fourth-order valence-electron chi connectivity index (χ4n) is 2.18. The minimum Gasteiger partial charge on any atom is -0.403 e. The highest BCUT2D eigenvalue weighted by atomic mass is 15.1. The maximum atomic E-state index is 5.69. The van der Waals surface area contributed by atoms with Crippen LogP contribution in [0.1, 0.15) is 12.8 Å². The maximum Gasteiger partial charge on any atom is 0.0367 e. The van der Waals surface area contributed by atoms with Crippen LogP contribution in [0.5, 0.6) is 0 Å². The van der Waals surface area contributed by atoms with E-state index in [0.717, 1.165) is 31.6 Å². The second-order valence-electron chi connectivity index (χ2n) is 4.38. The average molecular weight is 232 g/mol. The van der Waals surface area contributed by atoms with Crippen molar-refractivity contribution < 1.29 is 0 Å². The molecule has 1 aliphatic heterocycles. The lowest BCUT2D eigenvalue weighted by Crippen LogP contribution is -2.40. The van der Waals surface area contributed by atoms with Gasteiger partial charge in [0.25, 0.3) is 0 Å². The summed E-state index contributed by atoms with van der Waals surface area (Å²) in [7, 11) is 0. The molecule has 1 aromatic carbocycles. The summed E-state index contributed by atoms with van der Waals surface area (Å²) in [6.07, 6.45) is 5.64. The molecule has 5 N–H and O–H groups in total. The topological polar surface area (TPSA) is 67.3 Å². The van der Waals surface area contributed by atoms with Crippen molar-refractivity contribution in [3.8, 4) is 0 Å². The standard InChI is InChI=1S/C13H20N4/c14-7-8-16-12-5-9-17(10-6-12)13-3-1-11(15)2-4-13/h1-4,7-8,12,16H,5-6,9-10,14-15H2/b8-7-. The molecule has 0 radical (unpaired) electrons. The Labute approximate surface area is 102 Å². The molecule has 2 rings (SSSR count). The molecule has 1 saturated heterocycles. The smallest absolute Gasteiger partial charge is 0.0367 e. The maximum absolute atomic E-state index is 5.69. The lowest BCUT2D eigenvalue weighted by Gasteiger charge is -2.33. The van der Waals surface area contributed by atoms with Gasteiger partial charge in [0.2, 0.25) is 0 Å². The predicted octanol–water partition coefficient (Wildman–Crippen LogP) is 1.26. The normalized spacial score (nSPS) is 17.5. The highest BCUT2D eigenvalue weighted by Crippen LogP contribution is 2.20. The zero-order valence-electron chi connectivity index (χ0n) is 9.97. The SMILES string of the molecule is N/C=C\NC1CCN(c2ccc(N)cc2)CC1. The van der Waals surface area contributed by atoms with Crippen molar-refractivity contribution >= 4 is 11.4 Å². The van der Waals surface area contributed by atoms with Gasteiger partial charge in [0.15, 0.2) is 0 Å². The van der Waals surface area contributed by atoms with Crippen LogP contribution in [0.25, 0.3) is 0 Å².